The van der Waals surface area contributed by atoms with Gasteiger partial charge in [-0.15, -0.1) is 0 Å². The molecule has 1 unspecified atom stereocenters. The van der Waals surface area contributed by atoms with Crippen LogP contribution in [0.2, 0.25) is 0 Å². The smallest absolute Gasteiger partial charge is 0.312 e. The molecule has 1 saturated heterocycles. The first-order chi connectivity index (χ1) is 5.77. The minimum atomic E-state index is -0.0141. The summed E-state index contributed by atoms with van der Waals surface area (Å²) in [6.07, 6.45) is 6.77. The molecule has 2 rings (SSSR count). The van der Waals surface area contributed by atoms with Crippen molar-refractivity contribution in [3.8, 4) is 0 Å². The molecule has 1 atom stereocenters. The summed E-state index contributed by atoms with van der Waals surface area (Å²) < 4.78 is 5.32. The molecule has 0 bridgehead atoms. The lowest BCUT2D eigenvalue weighted by Crippen LogP contribution is -2.33. The summed E-state index contributed by atoms with van der Waals surface area (Å²) in [7, 11) is 0. The largest absolute Gasteiger partial charge is 0.462 e. The Labute approximate surface area is 73.3 Å². The van der Waals surface area contributed by atoms with Crippen molar-refractivity contribution in [3.05, 3.63) is 0 Å². The number of hydrogen-bond donors (Lipinski definition) is 0. The fraction of sp³-hybridized carbons (Fsp3) is 0.900. The van der Waals surface area contributed by atoms with Crippen LogP contribution in [0.4, 0.5) is 0 Å². The zero-order valence-corrected chi connectivity index (χ0v) is 7.64. The second kappa shape index (κ2) is 2.75. The van der Waals surface area contributed by atoms with Crippen molar-refractivity contribution in [1.29, 1.82) is 0 Å². The molecule has 0 amide bonds. The fourth-order valence-corrected chi connectivity index (χ4v) is 2.33. The van der Waals surface area contributed by atoms with Gasteiger partial charge in [-0.3, -0.25) is 4.79 Å². The maximum Gasteiger partial charge on any atom is 0.312 e. The minimum absolute atomic E-state index is 0.0141. The van der Waals surface area contributed by atoms with Crippen molar-refractivity contribution in [3.63, 3.8) is 0 Å². The predicted octanol–water partition coefficient (Wildman–Crippen LogP) is 2.27. The number of rotatable bonds is 2. The number of hydrogen-bond acceptors (Lipinski definition) is 2. The van der Waals surface area contributed by atoms with Gasteiger partial charge in [0.1, 0.15) is 6.10 Å². The Morgan fingerprint density at radius 3 is 2.75 bits per heavy atom. The number of carbonyl (C=O) groups is 1. The van der Waals surface area contributed by atoms with Crippen LogP contribution in [-0.4, -0.2) is 12.1 Å². The van der Waals surface area contributed by atoms with Gasteiger partial charge in [-0.05, 0) is 19.3 Å². The van der Waals surface area contributed by atoms with E-state index in [1.165, 1.54) is 6.42 Å². The molecule has 1 saturated carbocycles. The molecule has 0 aromatic rings. The van der Waals surface area contributed by atoms with Gasteiger partial charge < -0.3 is 4.74 Å². The van der Waals surface area contributed by atoms with Gasteiger partial charge in [-0.2, -0.15) is 0 Å². The van der Waals surface area contributed by atoms with Crippen molar-refractivity contribution in [2.45, 2.75) is 51.6 Å². The van der Waals surface area contributed by atoms with E-state index in [9.17, 15) is 4.79 Å². The molecule has 2 nitrogen and oxygen atoms in total. The van der Waals surface area contributed by atoms with E-state index in [4.69, 9.17) is 4.74 Å². The van der Waals surface area contributed by atoms with E-state index in [0.29, 0.717) is 0 Å². The quantitative estimate of drug-likeness (QED) is 0.591. The minimum Gasteiger partial charge on any atom is -0.462 e. The Kier molecular flexibility index (Phi) is 1.85. The number of carbonyl (C=O) groups excluding carboxylic acids is 1. The van der Waals surface area contributed by atoms with E-state index >= 15 is 0 Å². The summed E-state index contributed by atoms with van der Waals surface area (Å²) in [5.41, 5.74) is -0.0141. The second-order valence-electron chi connectivity index (χ2n) is 4.15. The molecule has 1 aliphatic heterocycles. The Morgan fingerprint density at radius 1 is 1.58 bits per heavy atom. The van der Waals surface area contributed by atoms with Crippen LogP contribution in [-0.2, 0) is 9.53 Å². The van der Waals surface area contributed by atoms with Crippen LogP contribution in [0.25, 0.3) is 0 Å². The van der Waals surface area contributed by atoms with E-state index in [1.807, 2.05) is 0 Å². The van der Waals surface area contributed by atoms with E-state index in [0.717, 1.165) is 32.1 Å². The Hall–Kier alpha value is -0.530. The molecule has 0 aromatic heterocycles. The first-order valence-electron chi connectivity index (χ1n) is 4.98. The van der Waals surface area contributed by atoms with Crippen LogP contribution >= 0.6 is 0 Å². The Morgan fingerprint density at radius 2 is 2.33 bits per heavy atom. The van der Waals surface area contributed by atoms with Crippen molar-refractivity contribution in [2.75, 3.05) is 0 Å². The highest BCUT2D eigenvalue weighted by molar-refractivity contribution is 5.80. The molecular formula is C10H16O2. The lowest BCUT2D eigenvalue weighted by molar-refractivity contribution is -0.152. The predicted molar refractivity (Wildman–Crippen MR) is 45.7 cm³/mol. The monoisotopic (exact) mass is 168 g/mol. The maximum absolute atomic E-state index is 11.4. The van der Waals surface area contributed by atoms with Crippen LogP contribution in [0.15, 0.2) is 0 Å². The van der Waals surface area contributed by atoms with Crippen LogP contribution in [0.5, 0.6) is 0 Å². The van der Waals surface area contributed by atoms with E-state index in [1.54, 1.807) is 0 Å². The topological polar surface area (TPSA) is 26.3 Å². The van der Waals surface area contributed by atoms with Crippen LogP contribution in [0.3, 0.4) is 0 Å². The molecule has 2 heteroatoms. The van der Waals surface area contributed by atoms with Crippen molar-refractivity contribution in [2.24, 2.45) is 5.41 Å². The maximum atomic E-state index is 11.4. The molecule has 1 aliphatic carbocycles. The van der Waals surface area contributed by atoms with Crippen LogP contribution < -0.4 is 0 Å². The fourth-order valence-electron chi connectivity index (χ4n) is 2.33. The molecule has 0 radical (unpaired) electrons. The van der Waals surface area contributed by atoms with Crippen molar-refractivity contribution >= 4 is 5.97 Å². The van der Waals surface area contributed by atoms with Crippen molar-refractivity contribution in [1.82, 2.24) is 0 Å². The third kappa shape index (κ3) is 1.05. The first-order valence-corrected chi connectivity index (χ1v) is 4.98. The zero-order chi connectivity index (χ0) is 8.60. The van der Waals surface area contributed by atoms with Gasteiger partial charge in [0.15, 0.2) is 0 Å². The molecule has 2 aliphatic rings. The highest BCUT2D eigenvalue weighted by Crippen LogP contribution is 2.50. The molecular weight excluding hydrogens is 152 g/mol. The van der Waals surface area contributed by atoms with Gasteiger partial charge in [0.05, 0.1) is 5.41 Å². The second-order valence-corrected chi connectivity index (χ2v) is 4.15. The zero-order valence-electron chi connectivity index (χ0n) is 7.64. The third-order valence-electron chi connectivity index (χ3n) is 3.25. The summed E-state index contributed by atoms with van der Waals surface area (Å²) in [5.74, 6) is 0.0900. The Balaban J connectivity index is 1.98. The third-order valence-corrected chi connectivity index (χ3v) is 3.25. The first kappa shape index (κ1) is 8.09. The molecule has 12 heavy (non-hydrogen) atoms. The Bertz CT molecular complexity index is 194. The average Bonchev–Trinajstić information content (AvgIpc) is 2.26. The van der Waals surface area contributed by atoms with Crippen LogP contribution in [0, 0.1) is 5.41 Å². The molecule has 0 aromatic carbocycles. The lowest BCUT2D eigenvalue weighted by atomic mass is 9.67. The molecule has 2 fully saturated rings. The summed E-state index contributed by atoms with van der Waals surface area (Å²) in [6.45, 7) is 2.14. The van der Waals surface area contributed by atoms with Gasteiger partial charge in [-0.1, -0.05) is 19.8 Å². The SMILES string of the molecule is CCCC1CC2(CCC2)C(=O)O1. The summed E-state index contributed by atoms with van der Waals surface area (Å²) in [6, 6.07) is 0. The highest BCUT2D eigenvalue weighted by Gasteiger charge is 2.52. The normalized spacial score (nSPS) is 31.8. The summed E-state index contributed by atoms with van der Waals surface area (Å²) >= 11 is 0. The van der Waals surface area contributed by atoms with E-state index in [2.05, 4.69) is 6.92 Å². The molecule has 1 spiro atoms. The van der Waals surface area contributed by atoms with Gasteiger partial charge in [0.25, 0.3) is 0 Å². The number of esters is 1. The van der Waals surface area contributed by atoms with Gasteiger partial charge >= 0.3 is 5.97 Å². The molecule has 0 N–H and O–H groups in total. The lowest BCUT2D eigenvalue weighted by Gasteiger charge is -2.33. The highest BCUT2D eigenvalue weighted by atomic mass is 16.6. The summed E-state index contributed by atoms with van der Waals surface area (Å²) in [4.78, 5) is 11.4. The average molecular weight is 168 g/mol. The molecule has 1 heterocycles. The van der Waals surface area contributed by atoms with E-state index in [-0.39, 0.29) is 17.5 Å². The van der Waals surface area contributed by atoms with E-state index < -0.39 is 0 Å². The van der Waals surface area contributed by atoms with Gasteiger partial charge in [0.2, 0.25) is 0 Å². The van der Waals surface area contributed by atoms with Gasteiger partial charge in [-0.25, -0.2) is 0 Å². The number of cyclic esters (lactones) is 1. The number of ether oxygens (including phenoxy) is 1. The van der Waals surface area contributed by atoms with Crippen molar-refractivity contribution < 1.29 is 9.53 Å². The van der Waals surface area contributed by atoms with Gasteiger partial charge in [0, 0.05) is 6.42 Å². The molecule has 68 valence electrons. The standard InChI is InChI=1S/C10H16O2/c1-2-4-8-7-10(5-3-6-10)9(11)12-8/h8H,2-7H2,1H3. The van der Waals surface area contributed by atoms with Crippen LogP contribution in [0.1, 0.15) is 45.4 Å². The summed E-state index contributed by atoms with van der Waals surface area (Å²) in [5, 5.41) is 0.